The van der Waals surface area contributed by atoms with Crippen LogP contribution in [0.4, 0.5) is 4.79 Å². The summed E-state index contributed by atoms with van der Waals surface area (Å²) in [5.74, 6) is 0. The van der Waals surface area contributed by atoms with E-state index in [1.54, 1.807) is 0 Å². The lowest BCUT2D eigenvalue weighted by Gasteiger charge is -2.06. The number of carbonyl (C=O) groups excluding carboxylic acids is 1. The van der Waals surface area contributed by atoms with Gasteiger partial charge in [-0.2, -0.15) is 0 Å². The summed E-state index contributed by atoms with van der Waals surface area (Å²) in [6.45, 7) is 1.92. The normalized spacial score (nSPS) is 19.5. The molecule has 0 aromatic rings. The topological polar surface area (TPSA) is 106 Å². The van der Waals surface area contributed by atoms with Crippen LogP contribution in [0.3, 0.4) is 0 Å². The van der Waals surface area contributed by atoms with Gasteiger partial charge >= 0.3 is 19.8 Å². The number of hydrogen-bond donors (Lipinski definition) is 2. The molecule has 0 aromatic carbocycles. The molecular formula is C5H10N2O5Si4-2. The maximum absolute atomic E-state index is 8.33. The summed E-state index contributed by atoms with van der Waals surface area (Å²) in [4.78, 5) is 8.33. The highest BCUT2D eigenvalue weighted by Crippen LogP contribution is 1.81. The van der Waals surface area contributed by atoms with Crippen LogP contribution in [0.1, 0.15) is 0 Å². The van der Waals surface area contributed by atoms with Crippen LogP contribution in [0.2, 0.25) is 12.1 Å². The maximum Gasteiger partial charge on any atom is 0.329 e. The van der Waals surface area contributed by atoms with Gasteiger partial charge in [-0.05, 0) is 18.2 Å². The van der Waals surface area contributed by atoms with Gasteiger partial charge in [-0.1, -0.05) is 0 Å². The zero-order valence-corrected chi connectivity index (χ0v) is 12.4. The summed E-state index contributed by atoms with van der Waals surface area (Å²) < 4.78 is 16.2. The summed E-state index contributed by atoms with van der Waals surface area (Å²) in [5, 5.41) is 16.7. The fraction of sp³-hybridized carbons (Fsp3) is 0.800. The maximum atomic E-state index is 8.33. The third-order valence-corrected chi connectivity index (χ3v) is 4.92. The van der Waals surface area contributed by atoms with Crippen molar-refractivity contribution in [3.8, 4) is 0 Å². The SMILES string of the molecule is C1C[Si]N[Si]O1.C1C[Si]N[Si]O1.O=C([O-])[O-]. The van der Waals surface area contributed by atoms with Gasteiger partial charge in [0.2, 0.25) is 0 Å². The lowest BCUT2D eigenvalue weighted by molar-refractivity contribution is -0.415. The van der Waals surface area contributed by atoms with Gasteiger partial charge < -0.3 is 33.2 Å². The minimum atomic E-state index is -2.33. The van der Waals surface area contributed by atoms with Gasteiger partial charge in [0.15, 0.2) is 0 Å². The van der Waals surface area contributed by atoms with E-state index in [1.807, 2.05) is 0 Å². The predicted octanol–water partition coefficient (Wildman–Crippen LogP) is -4.09. The van der Waals surface area contributed by atoms with Gasteiger partial charge in [0.25, 0.3) is 0 Å². The summed E-state index contributed by atoms with van der Waals surface area (Å²) in [5.41, 5.74) is 0. The molecule has 8 radical (unpaired) electrons. The Labute approximate surface area is 104 Å². The molecule has 2 N–H and O–H groups in total. The zero-order chi connectivity index (χ0) is 12.1. The standard InChI is InChI=1S/2C2H5NOSi2.CH2O3/c2*1-2-5-3-6-4-1;2-1(3)4/h2*3H,1-2H2;(H2,2,3,4)/p-2. The van der Waals surface area contributed by atoms with Crippen molar-refractivity contribution >= 4 is 45.4 Å². The molecule has 88 valence electrons. The smallest absolute Gasteiger partial charge is 0.329 e. The van der Waals surface area contributed by atoms with Gasteiger partial charge in [-0.25, -0.2) is 0 Å². The highest BCUT2D eigenvalue weighted by molar-refractivity contribution is 6.48. The lowest BCUT2D eigenvalue weighted by Crippen LogP contribution is -2.37. The number of nitrogens with one attached hydrogen (secondary N) is 2. The molecule has 11 heteroatoms. The van der Waals surface area contributed by atoms with Gasteiger partial charge in [0.1, 0.15) is 19.4 Å². The van der Waals surface area contributed by atoms with Crippen molar-refractivity contribution in [3.05, 3.63) is 0 Å². The van der Waals surface area contributed by atoms with E-state index in [2.05, 4.69) is 9.30 Å². The molecule has 7 nitrogen and oxygen atoms in total. The molecule has 0 atom stereocenters. The molecule has 2 rings (SSSR count). The molecule has 2 aliphatic rings. The molecule has 2 fully saturated rings. The van der Waals surface area contributed by atoms with Gasteiger partial charge in [0.05, 0.1) is 0 Å². The first-order valence-electron chi connectivity index (χ1n) is 4.31. The minimum Gasteiger partial charge on any atom is -0.652 e. The predicted molar refractivity (Wildman–Crippen MR) is 56.2 cm³/mol. The number of carboxylic acid groups (broad SMARTS) is 2. The van der Waals surface area contributed by atoms with Crippen molar-refractivity contribution in [2.24, 2.45) is 0 Å². The van der Waals surface area contributed by atoms with Crippen molar-refractivity contribution in [2.45, 2.75) is 12.1 Å². The van der Waals surface area contributed by atoms with E-state index < -0.39 is 6.16 Å². The zero-order valence-electron chi connectivity index (χ0n) is 8.37. The van der Waals surface area contributed by atoms with E-state index in [1.165, 1.54) is 12.1 Å². The summed E-state index contributed by atoms with van der Waals surface area (Å²) >= 11 is 0. The van der Waals surface area contributed by atoms with Crippen LogP contribution in [0.15, 0.2) is 0 Å². The third kappa shape index (κ3) is 16.4. The molecular weight excluding hydrogens is 280 g/mol. The Morgan fingerprint density at radius 3 is 1.44 bits per heavy atom. The second-order valence-corrected chi connectivity index (χ2v) is 6.95. The number of rotatable bonds is 0. The quantitative estimate of drug-likeness (QED) is 0.437. The third-order valence-electron chi connectivity index (χ3n) is 1.08. The minimum absolute atomic E-state index is 0.564. The van der Waals surface area contributed by atoms with Crippen LogP contribution < -0.4 is 19.5 Å². The van der Waals surface area contributed by atoms with Crippen LogP contribution in [0.5, 0.6) is 0 Å². The molecule has 0 aromatic heterocycles. The highest BCUT2D eigenvalue weighted by atomic mass is 28.3. The van der Waals surface area contributed by atoms with Gasteiger partial charge in [-0.15, -0.1) is 0 Å². The van der Waals surface area contributed by atoms with Crippen molar-refractivity contribution in [1.29, 1.82) is 0 Å². The van der Waals surface area contributed by atoms with E-state index in [0.717, 1.165) is 32.6 Å². The van der Waals surface area contributed by atoms with Gasteiger partial charge in [-0.3, -0.25) is 0 Å². The van der Waals surface area contributed by atoms with Gasteiger partial charge in [0, 0.05) is 13.2 Å². The molecule has 2 saturated heterocycles. The van der Waals surface area contributed by atoms with Crippen molar-refractivity contribution in [1.82, 2.24) is 9.30 Å². The molecule has 0 unspecified atom stereocenters. The Morgan fingerprint density at radius 2 is 1.38 bits per heavy atom. The molecule has 2 heterocycles. The molecule has 2 aliphatic heterocycles. The Kier molecular flexibility index (Phi) is 13.0. The first-order valence-corrected chi connectivity index (χ1v) is 8.54. The van der Waals surface area contributed by atoms with Crippen molar-refractivity contribution in [2.75, 3.05) is 13.2 Å². The van der Waals surface area contributed by atoms with Crippen LogP contribution in [0, 0.1) is 0 Å². The molecule has 0 saturated carbocycles. The summed E-state index contributed by atoms with van der Waals surface area (Å²) in [6, 6.07) is 2.40. The Hall–Kier alpha value is -0.0225. The highest BCUT2D eigenvalue weighted by Gasteiger charge is 1.98. The van der Waals surface area contributed by atoms with Crippen molar-refractivity contribution < 1.29 is 23.9 Å². The van der Waals surface area contributed by atoms with Crippen LogP contribution >= 0.6 is 0 Å². The fourth-order valence-corrected chi connectivity index (χ4v) is 3.95. The molecule has 0 bridgehead atoms. The molecule has 0 spiro atoms. The van der Waals surface area contributed by atoms with E-state index in [4.69, 9.17) is 23.9 Å². The average Bonchev–Trinajstić information content (AvgIpc) is 2.34. The second kappa shape index (κ2) is 13.0. The number of hydrogen-bond acceptors (Lipinski definition) is 7. The Morgan fingerprint density at radius 1 is 1.00 bits per heavy atom. The lowest BCUT2D eigenvalue weighted by atomic mass is 10.9. The van der Waals surface area contributed by atoms with E-state index in [-0.39, 0.29) is 0 Å². The van der Waals surface area contributed by atoms with Crippen LogP contribution in [-0.2, 0) is 8.85 Å². The first-order chi connectivity index (χ1) is 7.73. The Balaban J connectivity index is 0.000000217. The van der Waals surface area contributed by atoms with Crippen LogP contribution in [-0.4, -0.2) is 58.6 Å². The summed E-state index contributed by atoms with van der Waals surface area (Å²) in [6.07, 6.45) is -2.33. The number of carbonyl (C=O) groups is 1. The Bertz CT molecular complexity index is 130. The molecule has 16 heavy (non-hydrogen) atoms. The summed E-state index contributed by atoms with van der Waals surface area (Å²) in [7, 11) is 3.01. The molecule has 0 amide bonds. The molecule has 0 aliphatic carbocycles. The first kappa shape index (κ1) is 16.0. The monoisotopic (exact) mass is 290 g/mol. The fourth-order valence-electron chi connectivity index (χ4n) is 0.576. The van der Waals surface area contributed by atoms with Crippen molar-refractivity contribution in [3.63, 3.8) is 0 Å². The van der Waals surface area contributed by atoms with E-state index >= 15 is 0 Å². The second-order valence-electron chi connectivity index (χ2n) is 2.25. The average molecular weight is 290 g/mol. The van der Waals surface area contributed by atoms with E-state index in [9.17, 15) is 0 Å². The largest absolute Gasteiger partial charge is 0.652 e. The van der Waals surface area contributed by atoms with Crippen LogP contribution in [0.25, 0.3) is 0 Å². The van der Waals surface area contributed by atoms with E-state index in [0.29, 0.717) is 19.8 Å².